The number of hydrogen-bond acceptors (Lipinski definition) is 7. The zero-order valence-corrected chi connectivity index (χ0v) is 19.8. The minimum atomic E-state index is -1.21. The van der Waals surface area contributed by atoms with E-state index in [0.717, 1.165) is 0 Å². The number of hydrogen-bond donors (Lipinski definition) is 7. The van der Waals surface area contributed by atoms with E-state index in [1.54, 1.807) is 20.8 Å². The molecule has 11 heteroatoms. The van der Waals surface area contributed by atoms with Crippen LogP contribution in [0.2, 0.25) is 0 Å². The van der Waals surface area contributed by atoms with Crippen LogP contribution in [-0.2, 0) is 19.2 Å². The van der Waals surface area contributed by atoms with Crippen LogP contribution in [0.4, 0.5) is 0 Å². The highest BCUT2D eigenvalue weighted by Gasteiger charge is 2.33. The first-order chi connectivity index (χ1) is 14.9. The van der Waals surface area contributed by atoms with Gasteiger partial charge in [0.25, 0.3) is 0 Å². The second-order valence-electron chi connectivity index (χ2n) is 8.55. The van der Waals surface area contributed by atoms with Gasteiger partial charge in [-0.3, -0.25) is 14.4 Å². The maximum Gasteiger partial charge on any atom is 0.326 e. The van der Waals surface area contributed by atoms with E-state index < -0.39 is 54.0 Å². The van der Waals surface area contributed by atoms with Crippen molar-refractivity contribution in [3.63, 3.8) is 0 Å². The summed E-state index contributed by atoms with van der Waals surface area (Å²) in [6, 6.07) is -4.30. The first kappa shape index (κ1) is 29.8. The van der Waals surface area contributed by atoms with Crippen LogP contribution in [0.25, 0.3) is 0 Å². The Morgan fingerprint density at radius 3 is 1.88 bits per heavy atom. The molecule has 0 aliphatic rings. The lowest BCUT2D eigenvalue weighted by Gasteiger charge is -2.28. The number of aliphatic carboxylic acids is 1. The zero-order valence-electron chi connectivity index (χ0n) is 19.8. The smallest absolute Gasteiger partial charge is 0.326 e. The van der Waals surface area contributed by atoms with Gasteiger partial charge in [0, 0.05) is 0 Å². The van der Waals surface area contributed by atoms with Crippen LogP contribution in [0.5, 0.6) is 0 Å². The molecular weight excluding hydrogens is 418 g/mol. The Balaban J connectivity index is 5.47. The molecule has 0 saturated heterocycles. The molecule has 0 aliphatic heterocycles. The fourth-order valence-corrected chi connectivity index (χ4v) is 2.96. The number of carbonyl (C=O) groups excluding carboxylic acids is 3. The summed E-state index contributed by atoms with van der Waals surface area (Å²) in [5.41, 5.74) is 11.2. The second-order valence-corrected chi connectivity index (χ2v) is 8.55. The normalized spacial score (nSPS) is 16.9. The molecule has 11 nitrogen and oxygen atoms in total. The lowest BCUT2D eigenvalue weighted by molar-refractivity contribution is -0.144. The molecule has 0 saturated carbocycles. The van der Waals surface area contributed by atoms with Crippen LogP contribution in [-0.4, -0.2) is 70.7 Å². The van der Waals surface area contributed by atoms with Crippen molar-refractivity contribution in [3.05, 3.63) is 0 Å². The highest BCUT2D eigenvalue weighted by atomic mass is 16.4. The topological polar surface area (TPSA) is 197 Å². The monoisotopic (exact) mass is 459 g/mol. The predicted octanol–water partition coefficient (Wildman–Crippen LogP) is -0.935. The summed E-state index contributed by atoms with van der Waals surface area (Å²) in [6.07, 6.45) is 0.885. The zero-order chi connectivity index (χ0) is 25.0. The first-order valence-corrected chi connectivity index (χ1v) is 11.1. The van der Waals surface area contributed by atoms with Crippen molar-refractivity contribution >= 4 is 23.7 Å². The SMILES string of the molecule is CCC(C)C(NC(=O)C(NC(=O)C(CCCCN)NC(=O)C(N)C(C)O)C(C)C)C(=O)O. The molecule has 0 spiro atoms. The van der Waals surface area contributed by atoms with Gasteiger partial charge in [-0.05, 0) is 44.6 Å². The number of nitrogens with one attached hydrogen (secondary N) is 3. The van der Waals surface area contributed by atoms with Crippen LogP contribution in [0.3, 0.4) is 0 Å². The molecule has 0 bridgehead atoms. The van der Waals surface area contributed by atoms with E-state index in [0.29, 0.717) is 25.8 Å². The number of carbonyl (C=O) groups is 4. The van der Waals surface area contributed by atoms with Gasteiger partial charge in [0.15, 0.2) is 0 Å². The fourth-order valence-electron chi connectivity index (χ4n) is 2.96. The van der Waals surface area contributed by atoms with Gasteiger partial charge in [0.1, 0.15) is 24.2 Å². The van der Waals surface area contributed by atoms with Crippen molar-refractivity contribution < 1.29 is 29.4 Å². The second kappa shape index (κ2) is 14.8. The van der Waals surface area contributed by atoms with Gasteiger partial charge in [-0.2, -0.15) is 0 Å². The molecule has 0 aromatic carbocycles. The Morgan fingerprint density at radius 2 is 1.44 bits per heavy atom. The van der Waals surface area contributed by atoms with E-state index in [4.69, 9.17) is 11.5 Å². The van der Waals surface area contributed by atoms with Crippen LogP contribution >= 0.6 is 0 Å². The summed E-state index contributed by atoms with van der Waals surface area (Å²) in [6.45, 7) is 8.75. The summed E-state index contributed by atoms with van der Waals surface area (Å²) in [7, 11) is 0. The Morgan fingerprint density at radius 1 is 0.875 bits per heavy atom. The number of rotatable bonds is 15. The lowest BCUT2D eigenvalue weighted by Crippen LogP contribution is -2.59. The molecule has 6 atom stereocenters. The third-order valence-corrected chi connectivity index (χ3v) is 5.43. The summed E-state index contributed by atoms with van der Waals surface area (Å²) < 4.78 is 0. The van der Waals surface area contributed by atoms with Crippen molar-refractivity contribution in [1.29, 1.82) is 0 Å². The number of carboxylic acid groups (broad SMARTS) is 1. The molecule has 0 rings (SSSR count). The highest BCUT2D eigenvalue weighted by molar-refractivity contribution is 5.94. The Bertz CT molecular complexity index is 628. The molecule has 0 heterocycles. The number of amides is 3. The Kier molecular flexibility index (Phi) is 13.7. The number of carboxylic acids is 1. The molecule has 0 aromatic rings. The molecule has 0 radical (unpaired) electrons. The van der Waals surface area contributed by atoms with Gasteiger partial charge in [0.05, 0.1) is 6.10 Å². The largest absolute Gasteiger partial charge is 0.480 e. The van der Waals surface area contributed by atoms with Crippen molar-refractivity contribution in [2.75, 3.05) is 6.54 Å². The lowest BCUT2D eigenvalue weighted by atomic mass is 9.97. The molecule has 9 N–H and O–H groups in total. The van der Waals surface area contributed by atoms with Crippen LogP contribution < -0.4 is 27.4 Å². The number of unbranched alkanes of at least 4 members (excludes halogenated alkanes) is 1. The van der Waals surface area contributed by atoms with E-state index in [1.165, 1.54) is 6.92 Å². The van der Waals surface area contributed by atoms with Gasteiger partial charge in [-0.15, -0.1) is 0 Å². The van der Waals surface area contributed by atoms with Crippen molar-refractivity contribution in [2.45, 2.75) is 90.6 Å². The first-order valence-electron chi connectivity index (χ1n) is 11.1. The highest BCUT2D eigenvalue weighted by Crippen LogP contribution is 2.11. The molecule has 0 aromatic heterocycles. The minimum Gasteiger partial charge on any atom is -0.480 e. The van der Waals surface area contributed by atoms with Crippen molar-refractivity contribution in [2.24, 2.45) is 23.3 Å². The summed E-state index contributed by atoms with van der Waals surface area (Å²) in [5, 5.41) is 26.6. The van der Waals surface area contributed by atoms with Gasteiger partial charge in [-0.25, -0.2) is 4.79 Å². The quantitative estimate of drug-likeness (QED) is 0.152. The number of nitrogens with two attached hydrogens (primary N) is 2. The fraction of sp³-hybridized carbons (Fsp3) is 0.810. The van der Waals surface area contributed by atoms with Gasteiger partial charge in [0.2, 0.25) is 17.7 Å². The van der Waals surface area contributed by atoms with Gasteiger partial charge < -0.3 is 37.6 Å². The predicted molar refractivity (Wildman–Crippen MR) is 120 cm³/mol. The number of aliphatic hydroxyl groups is 1. The average molecular weight is 460 g/mol. The average Bonchev–Trinajstić information content (AvgIpc) is 2.72. The van der Waals surface area contributed by atoms with E-state index >= 15 is 0 Å². The van der Waals surface area contributed by atoms with Crippen LogP contribution in [0.1, 0.15) is 60.3 Å². The van der Waals surface area contributed by atoms with E-state index in [-0.39, 0.29) is 18.3 Å². The minimum absolute atomic E-state index is 0.262. The Hall–Kier alpha value is -2.24. The third kappa shape index (κ3) is 9.92. The summed E-state index contributed by atoms with van der Waals surface area (Å²) >= 11 is 0. The third-order valence-electron chi connectivity index (χ3n) is 5.43. The van der Waals surface area contributed by atoms with E-state index in [1.807, 2.05) is 6.92 Å². The molecular formula is C21H41N5O6. The van der Waals surface area contributed by atoms with Crippen LogP contribution in [0.15, 0.2) is 0 Å². The summed E-state index contributed by atoms with van der Waals surface area (Å²) in [5.74, 6) is -3.71. The summed E-state index contributed by atoms with van der Waals surface area (Å²) in [4.78, 5) is 49.6. The molecule has 6 unspecified atom stereocenters. The van der Waals surface area contributed by atoms with Crippen LogP contribution in [0, 0.1) is 11.8 Å². The Labute approximate surface area is 190 Å². The molecule has 0 aliphatic carbocycles. The molecule has 0 fully saturated rings. The molecule has 3 amide bonds. The van der Waals surface area contributed by atoms with Crippen molar-refractivity contribution in [3.8, 4) is 0 Å². The maximum absolute atomic E-state index is 12.9. The van der Waals surface area contributed by atoms with Gasteiger partial charge in [-0.1, -0.05) is 34.1 Å². The number of aliphatic hydroxyl groups excluding tert-OH is 1. The standard InChI is InChI=1S/C21H41N5O6/c1-6-12(4)17(21(31)32)26-20(30)16(11(2)3)25-18(28)14(9-7-8-10-22)24-19(29)15(23)13(5)27/h11-17,27H,6-10,22-23H2,1-5H3,(H,24,29)(H,25,28)(H,26,30)(H,31,32). The maximum atomic E-state index is 12.9. The van der Waals surface area contributed by atoms with E-state index in [2.05, 4.69) is 16.0 Å². The van der Waals surface area contributed by atoms with E-state index in [9.17, 15) is 29.4 Å². The molecule has 186 valence electrons. The molecule has 32 heavy (non-hydrogen) atoms. The van der Waals surface area contributed by atoms with Crippen molar-refractivity contribution in [1.82, 2.24) is 16.0 Å². The van der Waals surface area contributed by atoms with Gasteiger partial charge >= 0.3 is 5.97 Å².